The SMILES string of the molecule is CCC(O)OC(=O)C(C)=O. The standard InChI is InChI=1S/C6H10O4/c1-3-5(8)10-6(9)4(2)7/h5,8H,3H2,1-2H3. The monoisotopic (exact) mass is 146 g/mol. The van der Waals surface area contributed by atoms with E-state index < -0.39 is 18.0 Å². The molecule has 0 heterocycles. The van der Waals surface area contributed by atoms with Gasteiger partial charge in [-0.05, 0) is 0 Å². The summed E-state index contributed by atoms with van der Waals surface area (Å²) in [4.78, 5) is 20.6. The Labute approximate surface area is 58.8 Å². The molecule has 4 heteroatoms. The van der Waals surface area contributed by atoms with Crippen molar-refractivity contribution in [2.24, 2.45) is 0 Å². The normalized spacial score (nSPS) is 12.3. The molecule has 0 bridgehead atoms. The molecule has 0 rings (SSSR count). The van der Waals surface area contributed by atoms with Gasteiger partial charge >= 0.3 is 5.97 Å². The van der Waals surface area contributed by atoms with Gasteiger partial charge in [-0.1, -0.05) is 6.92 Å². The fraction of sp³-hybridized carbons (Fsp3) is 0.667. The number of esters is 1. The molecule has 0 aromatic carbocycles. The van der Waals surface area contributed by atoms with Gasteiger partial charge in [-0.3, -0.25) is 4.79 Å². The molecule has 0 spiro atoms. The minimum absolute atomic E-state index is 0.291. The van der Waals surface area contributed by atoms with Crippen LogP contribution in [0.3, 0.4) is 0 Å². The molecule has 0 aromatic heterocycles. The van der Waals surface area contributed by atoms with Crippen molar-refractivity contribution in [3.8, 4) is 0 Å². The highest BCUT2D eigenvalue weighted by molar-refractivity contribution is 6.32. The Morgan fingerprint density at radius 3 is 2.40 bits per heavy atom. The quantitative estimate of drug-likeness (QED) is 0.341. The third-order valence-corrected chi connectivity index (χ3v) is 0.880. The summed E-state index contributed by atoms with van der Waals surface area (Å²) in [6, 6.07) is 0. The van der Waals surface area contributed by atoms with Crippen molar-refractivity contribution >= 4 is 11.8 Å². The number of ether oxygens (including phenoxy) is 1. The van der Waals surface area contributed by atoms with E-state index in [1.165, 1.54) is 0 Å². The lowest BCUT2D eigenvalue weighted by Gasteiger charge is -2.06. The maximum absolute atomic E-state index is 10.4. The predicted octanol–water partition coefficient (Wildman–Crippen LogP) is -0.153. The van der Waals surface area contributed by atoms with Crippen LogP contribution in [-0.4, -0.2) is 23.1 Å². The van der Waals surface area contributed by atoms with Crippen molar-refractivity contribution in [2.75, 3.05) is 0 Å². The molecule has 0 saturated heterocycles. The van der Waals surface area contributed by atoms with E-state index in [-0.39, 0.29) is 0 Å². The van der Waals surface area contributed by atoms with Crippen LogP contribution in [0.25, 0.3) is 0 Å². The lowest BCUT2D eigenvalue weighted by Crippen LogP contribution is -2.21. The highest BCUT2D eigenvalue weighted by Gasteiger charge is 2.12. The summed E-state index contributed by atoms with van der Waals surface area (Å²) < 4.78 is 4.23. The minimum atomic E-state index is -1.16. The molecule has 0 saturated carbocycles. The molecule has 0 aliphatic carbocycles. The number of rotatable bonds is 3. The first-order chi connectivity index (χ1) is 4.57. The Morgan fingerprint density at radius 1 is 1.60 bits per heavy atom. The Balaban J connectivity index is 3.68. The van der Waals surface area contributed by atoms with Crippen LogP contribution in [0, 0.1) is 0 Å². The zero-order chi connectivity index (χ0) is 8.15. The summed E-state index contributed by atoms with van der Waals surface area (Å²) in [6.45, 7) is 2.72. The second-order valence-corrected chi connectivity index (χ2v) is 1.82. The highest BCUT2D eigenvalue weighted by atomic mass is 16.6. The van der Waals surface area contributed by atoms with Gasteiger partial charge in [0.1, 0.15) is 0 Å². The Bertz CT molecular complexity index is 141. The molecule has 0 aliphatic rings. The number of ketones is 1. The van der Waals surface area contributed by atoms with Gasteiger partial charge in [0.2, 0.25) is 12.1 Å². The molecule has 0 aromatic rings. The molecule has 1 unspecified atom stereocenters. The van der Waals surface area contributed by atoms with E-state index in [2.05, 4.69) is 4.74 Å². The van der Waals surface area contributed by atoms with Crippen LogP contribution in [0.4, 0.5) is 0 Å². The summed E-state index contributed by atoms with van der Waals surface area (Å²) in [6.07, 6.45) is -0.865. The first kappa shape index (κ1) is 9.10. The molecule has 4 nitrogen and oxygen atoms in total. The summed E-state index contributed by atoms with van der Waals surface area (Å²) in [7, 11) is 0. The van der Waals surface area contributed by atoms with Crippen LogP contribution in [0.1, 0.15) is 20.3 Å². The smallest absolute Gasteiger partial charge is 0.376 e. The molecule has 0 aliphatic heterocycles. The third kappa shape index (κ3) is 3.19. The second-order valence-electron chi connectivity index (χ2n) is 1.82. The number of hydrogen-bond donors (Lipinski definition) is 1. The van der Waals surface area contributed by atoms with Crippen molar-refractivity contribution in [1.29, 1.82) is 0 Å². The van der Waals surface area contributed by atoms with E-state index in [0.717, 1.165) is 6.92 Å². The molecular formula is C6H10O4. The van der Waals surface area contributed by atoms with E-state index in [4.69, 9.17) is 5.11 Å². The number of Topliss-reactive ketones (excluding diaryl/α,β-unsaturated/α-hetero) is 1. The summed E-state index contributed by atoms with van der Waals surface area (Å²) in [5.74, 6) is -1.69. The fourth-order valence-corrected chi connectivity index (χ4v) is 0.290. The van der Waals surface area contributed by atoms with Gasteiger partial charge in [0.05, 0.1) is 0 Å². The fourth-order valence-electron chi connectivity index (χ4n) is 0.290. The number of hydrogen-bond acceptors (Lipinski definition) is 4. The first-order valence-electron chi connectivity index (χ1n) is 2.97. The number of aliphatic hydroxyl groups is 1. The van der Waals surface area contributed by atoms with E-state index in [0.29, 0.717) is 6.42 Å². The molecule has 1 atom stereocenters. The van der Waals surface area contributed by atoms with E-state index in [9.17, 15) is 9.59 Å². The van der Waals surface area contributed by atoms with Crippen molar-refractivity contribution in [3.05, 3.63) is 0 Å². The largest absolute Gasteiger partial charge is 0.430 e. The number of carbonyl (C=O) groups is 2. The van der Waals surface area contributed by atoms with Crippen molar-refractivity contribution in [3.63, 3.8) is 0 Å². The van der Waals surface area contributed by atoms with Gasteiger partial charge in [0, 0.05) is 13.3 Å². The first-order valence-corrected chi connectivity index (χ1v) is 2.97. The highest BCUT2D eigenvalue weighted by Crippen LogP contribution is 1.92. The topological polar surface area (TPSA) is 63.6 Å². The van der Waals surface area contributed by atoms with Crippen molar-refractivity contribution in [1.82, 2.24) is 0 Å². The maximum atomic E-state index is 10.4. The summed E-state index contributed by atoms with van der Waals surface area (Å²) in [5, 5.41) is 8.68. The Hall–Kier alpha value is -0.900. The van der Waals surface area contributed by atoms with Gasteiger partial charge < -0.3 is 9.84 Å². The van der Waals surface area contributed by atoms with Crippen LogP contribution in [-0.2, 0) is 14.3 Å². The molecule has 10 heavy (non-hydrogen) atoms. The molecule has 0 amide bonds. The molecule has 0 fully saturated rings. The van der Waals surface area contributed by atoms with E-state index in [1.807, 2.05) is 0 Å². The summed E-state index contributed by atoms with van der Waals surface area (Å²) >= 11 is 0. The van der Waals surface area contributed by atoms with Crippen LogP contribution in [0.5, 0.6) is 0 Å². The van der Waals surface area contributed by atoms with E-state index in [1.54, 1.807) is 6.92 Å². The van der Waals surface area contributed by atoms with Crippen LogP contribution in [0.2, 0.25) is 0 Å². The van der Waals surface area contributed by atoms with Gasteiger partial charge in [-0.25, -0.2) is 4.79 Å². The van der Waals surface area contributed by atoms with Gasteiger partial charge in [0.25, 0.3) is 0 Å². The van der Waals surface area contributed by atoms with Crippen molar-refractivity contribution < 1.29 is 19.4 Å². The lowest BCUT2D eigenvalue weighted by atomic mass is 10.4. The minimum Gasteiger partial charge on any atom is -0.430 e. The lowest BCUT2D eigenvalue weighted by molar-refractivity contribution is -0.172. The Kier molecular flexibility index (Phi) is 3.64. The molecule has 1 N–H and O–H groups in total. The van der Waals surface area contributed by atoms with Crippen LogP contribution >= 0.6 is 0 Å². The molecule has 0 radical (unpaired) electrons. The summed E-state index contributed by atoms with van der Waals surface area (Å²) in [5.41, 5.74) is 0. The average molecular weight is 146 g/mol. The van der Waals surface area contributed by atoms with Gasteiger partial charge in [-0.2, -0.15) is 0 Å². The van der Waals surface area contributed by atoms with Crippen LogP contribution < -0.4 is 0 Å². The van der Waals surface area contributed by atoms with Crippen LogP contribution in [0.15, 0.2) is 0 Å². The third-order valence-electron chi connectivity index (χ3n) is 0.880. The predicted molar refractivity (Wildman–Crippen MR) is 33.1 cm³/mol. The number of aliphatic hydroxyl groups excluding tert-OH is 1. The van der Waals surface area contributed by atoms with Crippen molar-refractivity contribution in [2.45, 2.75) is 26.6 Å². The zero-order valence-electron chi connectivity index (χ0n) is 5.96. The van der Waals surface area contributed by atoms with E-state index >= 15 is 0 Å². The average Bonchev–Trinajstić information content (AvgIpc) is 1.87. The molecule has 58 valence electrons. The number of carbonyl (C=O) groups excluding carboxylic acids is 2. The second kappa shape index (κ2) is 4.00. The molecular weight excluding hydrogens is 136 g/mol. The van der Waals surface area contributed by atoms with Gasteiger partial charge in [-0.15, -0.1) is 0 Å². The maximum Gasteiger partial charge on any atom is 0.376 e. The zero-order valence-corrected chi connectivity index (χ0v) is 5.96. The van der Waals surface area contributed by atoms with Gasteiger partial charge in [0.15, 0.2) is 0 Å². The Morgan fingerprint density at radius 2 is 2.10 bits per heavy atom.